The van der Waals surface area contributed by atoms with Gasteiger partial charge >= 0.3 is 6.03 Å². The number of carbonyl (C=O) groups is 1. The molecule has 4 rings (SSSR count). The molecule has 10 nitrogen and oxygen atoms in total. The van der Waals surface area contributed by atoms with Crippen molar-refractivity contribution in [3.8, 4) is 34.3 Å². The van der Waals surface area contributed by atoms with Gasteiger partial charge in [0.05, 0.1) is 41.1 Å². The van der Waals surface area contributed by atoms with E-state index in [1.807, 2.05) is 0 Å². The third-order valence-corrected chi connectivity index (χ3v) is 5.94. The quantitative estimate of drug-likeness (QED) is 0.434. The number of nitrogens with one attached hydrogen (secondary N) is 1. The Bertz CT molecular complexity index is 1130. The van der Waals surface area contributed by atoms with Crippen molar-refractivity contribution in [2.75, 3.05) is 46.9 Å². The number of amides is 2. The first-order chi connectivity index (χ1) is 17.5. The van der Waals surface area contributed by atoms with Crippen LogP contribution < -0.4 is 24.3 Å². The fourth-order valence-electron chi connectivity index (χ4n) is 4.07. The van der Waals surface area contributed by atoms with Gasteiger partial charge in [0.25, 0.3) is 0 Å². The largest absolute Gasteiger partial charge is 0.497 e. The van der Waals surface area contributed by atoms with Gasteiger partial charge in [-0.3, -0.25) is 0 Å². The Balaban J connectivity index is 1.53. The lowest BCUT2D eigenvalue weighted by Crippen LogP contribution is -2.39. The number of urea groups is 1. The van der Waals surface area contributed by atoms with Crippen LogP contribution in [0.25, 0.3) is 11.3 Å². The maximum atomic E-state index is 13.2. The van der Waals surface area contributed by atoms with E-state index in [9.17, 15) is 4.79 Å². The van der Waals surface area contributed by atoms with E-state index in [0.717, 1.165) is 12.8 Å². The summed E-state index contributed by atoms with van der Waals surface area (Å²) in [6, 6.07) is 12.3. The van der Waals surface area contributed by atoms with Gasteiger partial charge in [-0.25, -0.2) is 4.79 Å². The number of hydrogen-bond acceptors (Lipinski definition) is 8. The van der Waals surface area contributed by atoms with Gasteiger partial charge in [-0.2, -0.15) is 0 Å². The normalized spacial score (nSPS) is 14.8. The molecule has 1 fully saturated rings. The molecule has 2 amide bonds. The summed E-state index contributed by atoms with van der Waals surface area (Å²) >= 11 is 0. The van der Waals surface area contributed by atoms with E-state index >= 15 is 0 Å². The summed E-state index contributed by atoms with van der Waals surface area (Å²) in [5.41, 5.74) is 1.97. The second-order valence-electron chi connectivity index (χ2n) is 8.27. The number of anilines is 1. The Kier molecular flexibility index (Phi) is 8.17. The molecular formula is C26H31N3O7. The van der Waals surface area contributed by atoms with E-state index in [1.165, 1.54) is 0 Å². The highest BCUT2D eigenvalue weighted by molar-refractivity contribution is 5.89. The molecule has 0 spiro atoms. The molecule has 1 aliphatic heterocycles. The van der Waals surface area contributed by atoms with Crippen LogP contribution in [0.5, 0.6) is 23.0 Å². The zero-order valence-electron chi connectivity index (χ0n) is 20.9. The first kappa shape index (κ1) is 25.2. The monoisotopic (exact) mass is 497 g/mol. The molecule has 0 bridgehead atoms. The Labute approximate surface area is 210 Å². The van der Waals surface area contributed by atoms with Crippen LogP contribution >= 0.6 is 0 Å². The van der Waals surface area contributed by atoms with Crippen molar-refractivity contribution in [3.05, 3.63) is 48.2 Å². The maximum absolute atomic E-state index is 13.2. The lowest BCUT2D eigenvalue weighted by molar-refractivity contribution is 0.0814. The molecule has 192 valence electrons. The summed E-state index contributed by atoms with van der Waals surface area (Å²) in [5, 5.41) is 7.15. The minimum atomic E-state index is -0.256. The van der Waals surface area contributed by atoms with Crippen molar-refractivity contribution in [2.24, 2.45) is 0 Å². The van der Waals surface area contributed by atoms with E-state index in [1.54, 1.807) is 75.8 Å². The number of rotatable bonds is 10. The topological polar surface area (TPSA) is 105 Å². The van der Waals surface area contributed by atoms with Crippen LogP contribution in [0.15, 0.2) is 47.0 Å². The number of benzene rings is 2. The number of methoxy groups -OCH3 is 4. The Morgan fingerprint density at radius 1 is 1.03 bits per heavy atom. The zero-order valence-corrected chi connectivity index (χ0v) is 20.9. The van der Waals surface area contributed by atoms with Gasteiger partial charge in [-0.1, -0.05) is 5.16 Å². The van der Waals surface area contributed by atoms with E-state index < -0.39 is 0 Å². The Morgan fingerprint density at radius 3 is 2.33 bits per heavy atom. The van der Waals surface area contributed by atoms with Gasteiger partial charge in [-0.05, 0) is 49.2 Å². The van der Waals surface area contributed by atoms with E-state index in [-0.39, 0.29) is 18.7 Å². The van der Waals surface area contributed by atoms with Crippen molar-refractivity contribution in [2.45, 2.75) is 25.5 Å². The minimum Gasteiger partial charge on any atom is -0.497 e. The number of carbonyl (C=O) groups excluding carboxylic acids is 1. The molecule has 0 saturated carbocycles. The number of nitrogens with zero attached hydrogens (tertiary/aromatic N) is 2. The minimum absolute atomic E-state index is 0.0203. The SMILES string of the molecule is COc1ccc(NC(=O)N(Cc2cc(-c3cc(OC)c(OC)c(OC)c3)on2)C[C@H]2CCCO2)cc1. The van der Waals surface area contributed by atoms with Gasteiger partial charge in [0.15, 0.2) is 17.3 Å². The fraction of sp³-hybridized carbons (Fsp3) is 0.385. The molecule has 2 heterocycles. The lowest BCUT2D eigenvalue weighted by atomic mass is 10.1. The summed E-state index contributed by atoms with van der Waals surface area (Å²) in [6.07, 6.45) is 1.86. The highest BCUT2D eigenvalue weighted by Gasteiger charge is 2.25. The van der Waals surface area contributed by atoms with Crippen LogP contribution in [0.2, 0.25) is 0 Å². The third kappa shape index (κ3) is 5.83. The Hall–Kier alpha value is -3.92. The summed E-state index contributed by atoms with van der Waals surface area (Å²) in [4.78, 5) is 14.9. The number of aromatic nitrogens is 1. The van der Waals surface area contributed by atoms with Crippen molar-refractivity contribution >= 4 is 11.7 Å². The molecule has 0 aliphatic carbocycles. The molecule has 2 aromatic carbocycles. The molecular weight excluding hydrogens is 466 g/mol. The van der Waals surface area contributed by atoms with Crippen molar-refractivity contribution in [1.82, 2.24) is 10.1 Å². The summed E-state index contributed by atoms with van der Waals surface area (Å²) < 4.78 is 32.8. The zero-order chi connectivity index (χ0) is 25.5. The number of ether oxygens (including phenoxy) is 5. The van der Waals surface area contributed by atoms with Gasteiger partial charge in [0.2, 0.25) is 5.75 Å². The van der Waals surface area contributed by atoms with Crippen LogP contribution in [-0.2, 0) is 11.3 Å². The van der Waals surface area contributed by atoms with Crippen LogP contribution in [-0.4, -0.2) is 63.8 Å². The molecule has 1 saturated heterocycles. The smallest absolute Gasteiger partial charge is 0.322 e. The highest BCUT2D eigenvalue weighted by atomic mass is 16.5. The van der Waals surface area contributed by atoms with Crippen LogP contribution in [0, 0.1) is 0 Å². The molecule has 10 heteroatoms. The molecule has 0 unspecified atom stereocenters. The van der Waals surface area contributed by atoms with E-state index in [4.69, 9.17) is 28.2 Å². The average molecular weight is 498 g/mol. The Morgan fingerprint density at radius 2 is 1.75 bits per heavy atom. The van der Waals surface area contributed by atoms with Gasteiger partial charge in [0.1, 0.15) is 11.4 Å². The van der Waals surface area contributed by atoms with Crippen molar-refractivity contribution in [3.63, 3.8) is 0 Å². The summed E-state index contributed by atoms with van der Waals surface area (Å²) in [7, 11) is 6.25. The van der Waals surface area contributed by atoms with Crippen LogP contribution in [0.3, 0.4) is 0 Å². The molecule has 1 aromatic heterocycles. The predicted molar refractivity (Wildman–Crippen MR) is 133 cm³/mol. The first-order valence-electron chi connectivity index (χ1n) is 11.6. The molecule has 1 N–H and O–H groups in total. The molecule has 1 aliphatic rings. The predicted octanol–water partition coefficient (Wildman–Crippen LogP) is 4.59. The summed E-state index contributed by atoms with van der Waals surface area (Å²) in [5.74, 6) is 2.72. The highest BCUT2D eigenvalue weighted by Crippen LogP contribution is 2.41. The standard InChI is InChI=1S/C26H31N3O7/c1-31-20-9-7-18(8-10-20)27-26(30)29(16-21-6-5-11-35-21)15-19-14-22(36-28-19)17-12-23(32-2)25(34-4)24(13-17)33-3/h7-10,12-14,21H,5-6,11,15-16H2,1-4H3,(H,27,30)/t21-/m1/s1. The molecule has 0 radical (unpaired) electrons. The second kappa shape index (κ2) is 11.7. The van der Waals surface area contributed by atoms with Gasteiger partial charge < -0.3 is 38.4 Å². The van der Waals surface area contributed by atoms with Gasteiger partial charge in [-0.15, -0.1) is 0 Å². The average Bonchev–Trinajstić information content (AvgIpc) is 3.60. The lowest BCUT2D eigenvalue weighted by Gasteiger charge is -2.25. The van der Waals surface area contributed by atoms with E-state index in [2.05, 4.69) is 10.5 Å². The molecule has 3 aromatic rings. The molecule has 36 heavy (non-hydrogen) atoms. The molecule has 1 atom stereocenters. The summed E-state index contributed by atoms with van der Waals surface area (Å²) in [6.45, 7) is 1.39. The van der Waals surface area contributed by atoms with Crippen molar-refractivity contribution < 1.29 is 33.0 Å². The third-order valence-electron chi connectivity index (χ3n) is 5.94. The van der Waals surface area contributed by atoms with E-state index in [0.29, 0.717) is 58.9 Å². The second-order valence-corrected chi connectivity index (χ2v) is 8.27. The number of hydrogen-bond donors (Lipinski definition) is 1. The van der Waals surface area contributed by atoms with Crippen LogP contribution in [0.4, 0.5) is 10.5 Å². The van der Waals surface area contributed by atoms with Gasteiger partial charge in [0, 0.05) is 30.5 Å². The first-order valence-corrected chi connectivity index (χ1v) is 11.6. The fourth-order valence-corrected chi connectivity index (χ4v) is 4.07. The van der Waals surface area contributed by atoms with Crippen LogP contribution in [0.1, 0.15) is 18.5 Å². The maximum Gasteiger partial charge on any atom is 0.322 e. The van der Waals surface area contributed by atoms with Crippen molar-refractivity contribution in [1.29, 1.82) is 0 Å².